The van der Waals surface area contributed by atoms with Crippen molar-refractivity contribution in [3.63, 3.8) is 0 Å². The molecule has 5 rings (SSSR count). The summed E-state index contributed by atoms with van der Waals surface area (Å²) in [6.45, 7) is 0.199. The van der Waals surface area contributed by atoms with Gasteiger partial charge in [-0.2, -0.15) is 0 Å². The van der Waals surface area contributed by atoms with Gasteiger partial charge >= 0.3 is 0 Å². The minimum atomic E-state index is -2.69. The van der Waals surface area contributed by atoms with E-state index in [9.17, 15) is 13.2 Å². The van der Waals surface area contributed by atoms with Gasteiger partial charge in [0.05, 0.1) is 17.4 Å². The Bertz CT molecular complexity index is 1450. The Balaban J connectivity index is 1.47. The van der Waals surface area contributed by atoms with Gasteiger partial charge in [0.1, 0.15) is 0 Å². The number of carbonyl (C=O) groups excluding carboxylic acids is 1. The minimum Gasteiger partial charge on any atom is -0.323 e. The molecule has 0 spiro atoms. The Morgan fingerprint density at radius 3 is 2.76 bits per heavy atom. The normalized spacial score (nSPS) is 13.8. The van der Waals surface area contributed by atoms with Crippen LogP contribution in [-0.4, -0.2) is 36.0 Å². The second-order valence-corrected chi connectivity index (χ2v) is 8.99. The predicted octanol–water partition coefficient (Wildman–Crippen LogP) is 3.06. The van der Waals surface area contributed by atoms with E-state index in [1.165, 1.54) is 0 Å². The first-order chi connectivity index (χ1) is 16.5. The third-order valence-corrected chi connectivity index (χ3v) is 6.41. The summed E-state index contributed by atoms with van der Waals surface area (Å²) in [6, 6.07) is 17.4. The van der Waals surface area contributed by atoms with E-state index in [2.05, 4.69) is 15.0 Å². The molecule has 3 heterocycles. The van der Waals surface area contributed by atoms with Crippen molar-refractivity contribution >= 4 is 39.6 Å². The lowest BCUT2D eigenvalue weighted by atomic mass is 10.1. The molecule has 0 saturated carbocycles. The van der Waals surface area contributed by atoms with Gasteiger partial charge in [-0.25, -0.2) is 22.6 Å². The van der Waals surface area contributed by atoms with Crippen LogP contribution in [0.25, 0.3) is 16.8 Å². The third kappa shape index (κ3) is 4.37. The minimum absolute atomic E-state index is 0.131. The van der Waals surface area contributed by atoms with Crippen LogP contribution in [0.5, 0.6) is 0 Å². The molecular weight excluding hydrogens is 452 g/mol. The van der Waals surface area contributed by atoms with Crippen LogP contribution >= 0.6 is 0 Å². The molecule has 2 N–H and O–H groups in total. The van der Waals surface area contributed by atoms with Crippen molar-refractivity contribution in [2.75, 3.05) is 17.3 Å². The molecule has 4 aromatic rings. The molecule has 10 heteroatoms. The Labute approximate surface area is 198 Å². The van der Waals surface area contributed by atoms with Gasteiger partial charge in [0.25, 0.3) is 0 Å². The summed E-state index contributed by atoms with van der Waals surface area (Å²) in [5.74, 6) is 0.562. The number of carbonyl (C=O) groups is 1. The van der Waals surface area contributed by atoms with Crippen LogP contribution in [-0.2, 0) is 28.7 Å². The zero-order valence-electron chi connectivity index (χ0n) is 18.6. The zero-order chi connectivity index (χ0) is 23.7. The summed E-state index contributed by atoms with van der Waals surface area (Å²) in [5, 5.41) is 7.97. The second kappa shape index (κ2) is 9.24. The number of amides is 1. The highest BCUT2D eigenvalue weighted by atomic mass is 32.2. The standard InChI is InChI=1S/C24H24N6O3S/c1-29-21-11-9-18(13-16(21)6-4-8-23(29)31)27-24-25-15-19-10-12-22(30(19)28-24)20-7-3-2-5-17(20)14-26-34(32)33/h2-3,5,7,9-13,15,34H,4,6,8,14H2,1H3,(H,27,28)(H,26,32,33). The highest BCUT2D eigenvalue weighted by molar-refractivity contribution is 7.70. The molecule has 0 bridgehead atoms. The van der Waals surface area contributed by atoms with Crippen LogP contribution < -0.4 is 14.9 Å². The van der Waals surface area contributed by atoms with E-state index in [1.807, 2.05) is 61.6 Å². The molecule has 0 atom stereocenters. The maximum Gasteiger partial charge on any atom is 0.245 e. The van der Waals surface area contributed by atoms with Crippen molar-refractivity contribution in [2.24, 2.45) is 0 Å². The highest BCUT2D eigenvalue weighted by Gasteiger charge is 2.19. The van der Waals surface area contributed by atoms with Crippen LogP contribution in [0.3, 0.4) is 0 Å². The Morgan fingerprint density at radius 1 is 1.06 bits per heavy atom. The molecule has 0 unspecified atom stereocenters. The summed E-state index contributed by atoms with van der Waals surface area (Å²) >= 11 is 0. The van der Waals surface area contributed by atoms with Gasteiger partial charge in [-0.15, -0.1) is 5.10 Å². The fourth-order valence-corrected chi connectivity index (χ4v) is 4.59. The number of hydrogen-bond donors (Lipinski definition) is 3. The molecule has 1 aliphatic heterocycles. The first-order valence-electron chi connectivity index (χ1n) is 11.0. The van der Waals surface area contributed by atoms with Gasteiger partial charge < -0.3 is 10.2 Å². The summed E-state index contributed by atoms with van der Waals surface area (Å²) in [7, 11) is -0.875. The van der Waals surface area contributed by atoms with Gasteiger partial charge in [0.2, 0.25) is 22.7 Å². The summed E-state index contributed by atoms with van der Waals surface area (Å²) in [6.07, 6.45) is 3.95. The summed E-state index contributed by atoms with van der Waals surface area (Å²) in [4.78, 5) is 18.3. The van der Waals surface area contributed by atoms with E-state index < -0.39 is 10.9 Å². The molecule has 2 aromatic carbocycles. The van der Waals surface area contributed by atoms with Crippen molar-refractivity contribution in [1.82, 2.24) is 19.3 Å². The van der Waals surface area contributed by atoms with Crippen LogP contribution in [0.4, 0.5) is 17.3 Å². The number of fused-ring (bicyclic) bond motifs is 2. The first-order valence-corrected chi connectivity index (χ1v) is 12.1. The lowest BCUT2D eigenvalue weighted by Gasteiger charge is -2.18. The van der Waals surface area contributed by atoms with Gasteiger partial charge in [0, 0.05) is 37.0 Å². The molecule has 9 nitrogen and oxygen atoms in total. The number of aryl methyl sites for hydroxylation is 1. The molecule has 0 aliphatic carbocycles. The van der Waals surface area contributed by atoms with Crippen molar-refractivity contribution in [3.05, 3.63) is 71.9 Å². The Kier molecular flexibility index (Phi) is 5.99. The number of aromatic nitrogens is 3. The number of rotatable bonds is 6. The molecule has 34 heavy (non-hydrogen) atoms. The molecule has 2 aromatic heterocycles. The summed E-state index contributed by atoms with van der Waals surface area (Å²) < 4.78 is 26.3. The maximum absolute atomic E-state index is 12.2. The topological polar surface area (TPSA) is 109 Å². The predicted molar refractivity (Wildman–Crippen MR) is 132 cm³/mol. The zero-order valence-corrected chi connectivity index (χ0v) is 19.5. The Morgan fingerprint density at radius 2 is 1.91 bits per heavy atom. The number of thiol groups is 1. The monoisotopic (exact) mass is 476 g/mol. The third-order valence-electron chi connectivity index (χ3n) is 6.00. The number of anilines is 3. The van der Waals surface area contributed by atoms with Gasteiger partial charge in [-0.1, -0.05) is 24.3 Å². The first kappa shape index (κ1) is 22.1. The molecule has 0 radical (unpaired) electrons. The highest BCUT2D eigenvalue weighted by Crippen LogP contribution is 2.30. The SMILES string of the molecule is CN1C(=O)CCCc2cc(Nc3ncc4ccc(-c5ccccc5CN[SH](=O)=O)n4n3)ccc21. The van der Waals surface area contributed by atoms with E-state index in [4.69, 9.17) is 5.10 Å². The van der Waals surface area contributed by atoms with Crippen LogP contribution in [0.1, 0.15) is 24.0 Å². The molecule has 0 saturated heterocycles. The van der Waals surface area contributed by atoms with E-state index in [-0.39, 0.29) is 12.5 Å². The average molecular weight is 477 g/mol. The molecule has 1 aliphatic rings. The molecule has 1 amide bonds. The fraction of sp³-hybridized carbons (Fsp3) is 0.208. The van der Waals surface area contributed by atoms with Crippen LogP contribution in [0.2, 0.25) is 0 Å². The van der Waals surface area contributed by atoms with E-state index in [1.54, 1.807) is 15.6 Å². The van der Waals surface area contributed by atoms with Crippen molar-refractivity contribution in [1.29, 1.82) is 0 Å². The number of nitrogens with one attached hydrogen (secondary N) is 2. The van der Waals surface area contributed by atoms with Crippen LogP contribution in [0, 0.1) is 0 Å². The van der Waals surface area contributed by atoms with Crippen LogP contribution in [0.15, 0.2) is 60.8 Å². The molecule has 0 fully saturated rings. The number of hydrogen-bond acceptors (Lipinski definition) is 6. The van der Waals surface area contributed by atoms with Gasteiger partial charge in [0.15, 0.2) is 0 Å². The number of nitrogens with zero attached hydrogens (tertiary/aromatic N) is 4. The second-order valence-electron chi connectivity index (χ2n) is 8.16. The Hall–Kier alpha value is -3.76. The van der Waals surface area contributed by atoms with E-state index >= 15 is 0 Å². The van der Waals surface area contributed by atoms with E-state index in [0.717, 1.165) is 52.1 Å². The van der Waals surface area contributed by atoms with E-state index in [0.29, 0.717) is 12.4 Å². The maximum atomic E-state index is 12.2. The smallest absolute Gasteiger partial charge is 0.245 e. The van der Waals surface area contributed by atoms with Gasteiger partial charge in [-0.3, -0.25) is 4.79 Å². The summed E-state index contributed by atoms with van der Waals surface area (Å²) in [5.41, 5.74) is 6.27. The fourth-order valence-electron chi connectivity index (χ4n) is 4.29. The van der Waals surface area contributed by atoms with Gasteiger partial charge in [-0.05, 0) is 54.3 Å². The molecule has 174 valence electrons. The molecular formula is C24H24N6O3S. The average Bonchev–Trinajstić information content (AvgIpc) is 3.19. The van der Waals surface area contributed by atoms with Crippen molar-refractivity contribution in [3.8, 4) is 11.3 Å². The van der Waals surface area contributed by atoms with Crippen molar-refractivity contribution in [2.45, 2.75) is 25.8 Å². The number of benzene rings is 2. The largest absolute Gasteiger partial charge is 0.323 e. The lowest BCUT2D eigenvalue weighted by molar-refractivity contribution is -0.118. The lowest BCUT2D eigenvalue weighted by Crippen LogP contribution is -2.24. The quantitative estimate of drug-likeness (QED) is 0.369. The van der Waals surface area contributed by atoms with Crippen molar-refractivity contribution < 1.29 is 13.2 Å².